The van der Waals surface area contributed by atoms with Crippen LogP contribution in [-0.4, -0.2) is 28.0 Å². The van der Waals surface area contributed by atoms with Crippen LogP contribution in [0.2, 0.25) is 0 Å². The summed E-state index contributed by atoms with van der Waals surface area (Å²) in [5.74, 6) is 0.855. The Morgan fingerprint density at radius 1 is 0.969 bits per heavy atom. The van der Waals surface area contributed by atoms with Gasteiger partial charge < -0.3 is 14.8 Å². The summed E-state index contributed by atoms with van der Waals surface area (Å²) in [7, 11) is -2.13. The number of methoxy groups -OCH3 is 1. The number of ether oxygens (including phenoxy) is 2. The molecule has 0 aliphatic carbocycles. The molecular weight excluding hydrogens is 428 g/mol. The lowest BCUT2D eigenvalue weighted by Gasteiger charge is -2.15. The number of hydrogen-bond donors (Lipinski definition) is 2. The van der Waals surface area contributed by atoms with Gasteiger partial charge in [0, 0.05) is 5.69 Å². The van der Waals surface area contributed by atoms with Gasteiger partial charge in [0.2, 0.25) is 0 Å². The Morgan fingerprint density at radius 2 is 1.62 bits per heavy atom. The van der Waals surface area contributed by atoms with Crippen molar-refractivity contribution in [2.24, 2.45) is 0 Å². The van der Waals surface area contributed by atoms with Crippen molar-refractivity contribution in [2.45, 2.75) is 24.8 Å². The van der Waals surface area contributed by atoms with Crippen LogP contribution in [0, 0.1) is 6.92 Å². The van der Waals surface area contributed by atoms with Crippen LogP contribution in [0.15, 0.2) is 77.7 Å². The van der Waals surface area contributed by atoms with Crippen LogP contribution in [0.25, 0.3) is 0 Å². The summed E-state index contributed by atoms with van der Waals surface area (Å²) in [5.41, 5.74) is 2.39. The second kappa shape index (κ2) is 10.2. The Kier molecular flexibility index (Phi) is 7.37. The molecule has 0 saturated heterocycles. The summed E-state index contributed by atoms with van der Waals surface area (Å²) in [6.07, 6.45) is 0. The van der Waals surface area contributed by atoms with E-state index in [0.29, 0.717) is 11.4 Å². The second-order valence-electron chi connectivity index (χ2n) is 7.30. The van der Waals surface area contributed by atoms with Crippen LogP contribution in [0.4, 0.5) is 5.69 Å². The predicted molar refractivity (Wildman–Crippen MR) is 123 cm³/mol. The van der Waals surface area contributed by atoms with E-state index in [4.69, 9.17) is 9.47 Å². The Labute approximate surface area is 188 Å². The summed E-state index contributed by atoms with van der Waals surface area (Å²) in [6, 6.07) is 20.2. The first-order valence-electron chi connectivity index (χ1n) is 10.0. The lowest BCUT2D eigenvalue weighted by molar-refractivity contribution is -0.123. The molecule has 0 bridgehead atoms. The maximum absolute atomic E-state index is 12.6. The normalized spacial score (nSPS) is 12.0. The third kappa shape index (κ3) is 6.24. The largest absolute Gasteiger partial charge is 0.497 e. The smallest absolute Gasteiger partial charge is 0.261 e. The standard InChI is InChI=1S/C24H26N2O5S/c1-17-5-4-6-20(15-17)26-32(28,29)23-13-11-22(12-14-23)31-16-24(27)25-18(2)19-7-9-21(30-3)10-8-19/h4-15,18,26H,16H2,1-3H3,(H,25,27). The molecule has 3 rings (SSSR count). The number of anilines is 1. The van der Waals surface area contributed by atoms with Gasteiger partial charge in [0.15, 0.2) is 6.61 Å². The van der Waals surface area contributed by atoms with Gasteiger partial charge in [0.05, 0.1) is 18.0 Å². The summed E-state index contributed by atoms with van der Waals surface area (Å²) in [4.78, 5) is 12.3. The maximum Gasteiger partial charge on any atom is 0.261 e. The molecule has 1 unspecified atom stereocenters. The first-order chi connectivity index (χ1) is 15.3. The summed E-state index contributed by atoms with van der Waals surface area (Å²) in [6.45, 7) is 3.58. The minimum absolute atomic E-state index is 0.101. The first kappa shape index (κ1) is 23.1. The zero-order chi connectivity index (χ0) is 23.1. The zero-order valence-corrected chi connectivity index (χ0v) is 19.0. The van der Waals surface area contributed by atoms with Gasteiger partial charge in [-0.05, 0) is 73.5 Å². The summed E-state index contributed by atoms with van der Waals surface area (Å²) >= 11 is 0. The van der Waals surface area contributed by atoms with Crippen LogP contribution < -0.4 is 19.5 Å². The maximum atomic E-state index is 12.6. The molecule has 1 atom stereocenters. The van der Waals surface area contributed by atoms with Gasteiger partial charge >= 0.3 is 0 Å². The molecule has 2 N–H and O–H groups in total. The fourth-order valence-corrected chi connectivity index (χ4v) is 4.10. The highest BCUT2D eigenvalue weighted by Gasteiger charge is 2.15. The number of amides is 1. The molecule has 0 spiro atoms. The highest BCUT2D eigenvalue weighted by atomic mass is 32.2. The first-order valence-corrected chi connectivity index (χ1v) is 11.5. The molecule has 0 fully saturated rings. The van der Waals surface area contributed by atoms with Crippen LogP contribution >= 0.6 is 0 Å². The Morgan fingerprint density at radius 3 is 2.25 bits per heavy atom. The highest BCUT2D eigenvalue weighted by molar-refractivity contribution is 7.92. The van der Waals surface area contributed by atoms with E-state index in [1.54, 1.807) is 25.3 Å². The van der Waals surface area contributed by atoms with Gasteiger partial charge in [-0.3, -0.25) is 9.52 Å². The molecular formula is C24H26N2O5S. The number of carbonyl (C=O) groups excluding carboxylic acids is 1. The molecule has 168 valence electrons. The molecule has 0 saturated carbocycles. The van der Waals surface area contributed by atoms with E-state index in [1.165, 1.54) is 24.3 Å². The number of hydrogen-bond acceptors (Lipinski definition) is 5. The van der Waals surface area contributed by atoms with E-state index >= 15 is 0 Å². The van der Waals surface area contributed by atoms with Gasteiger partial charge in [-0.15, -0.1) is 0 Å². The molecule has 0 heterocycles. The van der Waals surface area contributed by atoms with Crippen LogP contribution in [-0.2, 0) is 14.8 Å². The summed E-state index contributed by atoms with van der Waals surface area (Å²) < 4.78 is 38.3. The van der Waals surface area contributed by atoms with Gasteiger partial charge in [0.1, 0.15) is 11.5 Å². The molecule has 0 aliphatic rings. The molecule has 3 aromatic carbocycles. The van der Waals surface area contributed by atoms with Crippen LogP contribution in [0.1, 0.15) is 24.1 Å². The average molecular weight is 455 g/mol. The third-order valence-electron chi connectivity index (χ3n) is 4.77. The Hall–Kier alpha value is -3.52. The lowest BCUT2D eigenvalue weighted by atomic mass is 10.1. The second-order valence-corrected chi connectivity index (χ2v) is 8.98. The van der Waals surface area contributed by atoms with Gasteiger partial charge in [0.25, 0.3) is 15.9 Å². The van der Waals surface area contributed by atoms with E-state index in [1.807, 2.05) is 44.2 Å². The topological polar surface area (TPSA) is 93.7 Å². The molecule has 0 aromatic heterocycles. The average Bonchev–Trinajstić information content (AvgIpc) is 2.77. The van der Waals surface area contributed by atoms with Crippen molar-refractivity contribution in [3.05, 3.63) is 83.9 Å². The number of nitrogens with one attached hydrogen (secondary N) is 2. The fourth-order valence-electron chi connectivity index (χ4n) is 3.05. The number of benzene rings is 3. The Balaban J connectivity index is 1.54. The van der Waals surface area contributed by atoms with Gasteiger partial charge in [-0.2, -0.15) is 0 Å². The molecule has 1 amide bonds. The Bertz CT molecular complexity index is 1160. The lowest BCUT2D eigenvalue weighted by Crippen LogP contribution is -2.31. The van der Waals surface area contributed by atoms with Crippen molar-refractivity contribution in [2.75, 3.05) is 18.4 Å². The minimum atomic E-state index is -3.72. The van der Waals surface area contributed by atoms with Crippen molar-refractivity contribution in [1.82, 2.24) is 5.32 Å². The van der Waals surface area contributed by atoms with E-state index < -0.39 is 10.0 Å². The molecule has 8 heteroatoms. The monoisotopic (exact) mass is 454 g/mol. The molecule has 0 radical (unpaired) electrons. The van der Waals surface area contributed by atoms with Gasteiger partial charge in [-0.25, -0.2) is 8.42 Å². The van der Waals surface area contributed by atoms with E-state index in [9.17, 15) is 13.2 Å². The number of aryl methyl sites for hydroxylation is 1. The number of rotatable bonds is 9. The molecule has 32 heavy (non-hydrogen) atoms. The SMILES string of the molecule is COc1ccc(C(C)NC(=O)COc2ccc(S(=O)(=O)Nc3cccc(C)c3)cc2)cc1. The van der Waals surface area contributed by atoms with E-state index in [-0.39, 0.29) is 23.5 Å². The molecule has 7 nitrogen and oxygen atoms in total. The van der Waals surface area contributed by atoms with Crippen molar-refractivity contribution in [1.29, 1.82) is 0 Å². The quantitative estimate of drug-likeness (QED) is 0.509. The highest BCUT2D eigenvalue weighted by Crippen LogP contribution is 2.20. The number of carbonyl (C=O) groups is 1. The van der Waals surface area contributed by atoms with Crippen molar-refractivity contribution in [3.8, 4) is 11.5 Å². The summed E-state index contributed by atoms with van der Waals surface area (Å²) in [5, 5.41) is 2.86. The third-order valence-corrected chi connectivity index (χ3v) is 6.16. The van der Waals surface area contributed by atoms with Gasteiger partial charge in [-0.1, -0.05) is 24.3 Å². The molecule has 0 aliphatic heterocycles. The van der Waals surface area contributed by atoms with E-state index in [0.717, 1.165) is 16.9 Å². The fraction of sp³-hybridized carbons (Fsp3) is 0.208. The molecule has 3 aromatic rings. The van der Waals surface area contributed by atoms with Crippen molar-refractivity contribution < 1.29 is 22.7 Å². The predicted octanol–water partition coefficient (Wildman–Crippen LogP) is 4.06. The van der Waals surface area contributed by atoms with Crippen LogP contribution in [0.5, 0.6) is 11.5 Å². The van der Waals surface area contributed by atoms with E-state index in [2.05, 4.69) is 10.0 Å². The van der Waals surface area contributed by atoms with Crippen molar-refractivity contribution >= 4 is 21.6 Å². The van der Waals surface area contributed by atoms with Crippen molar-refractivity contribution in [3.63, 3.8) is 0 Å². The zero-order valence-electron chi connectivity index (χ0n) is 18.2. The van der Waals surface area contributed by atoms with Crippen LogP contribution in [0.3, 0.4) is 0 Å². The number of sulfonamides is 1. The minimum Gasteiger partial charge on any atom is -0.497 e.